The van der Waals surface area contributed by atoms with Crippen LogP contribution in [0.15, 0.2) is 64.4 Å². The van der Waals surface area contributed by atoms with Gasteiger partial charge in [-0.25, -0.2) is 0 Å². The van der Waals surface area contributed by atoms with E-state index in [1.807, 2.05) is 30.3 Å². The third-order valence-electron chi connectivity index (χ3n) is 3.71. The maximum Gasteiger partial charge on any atom is 0.489 e. The molecule has 0 saturated heterocycles. The molecular formula is C16H11BO2S. The van der Waals surface area contributed by atoms with Gasteiger partial charge in [0.15, 0.2) is 0 Å². The van der Waals surface area contributed by atoms with Crippen molar-refractivity contribution in [3.63, 3.8) is 0 Å². The fraction of sp³-hybridized carbons (Fsp3) is 0. The van der Waals surface area contributed by atoms with E-state index in [1.54, 1.807) is 17.8 Å². The minimum Gasteiger partial charge on any atom is -0.423 e. The Balaban J connectivity index is 2.14. The molecule has 0 saturated carbocycles. The van der Waals surface area contributed by atoms with Crippen molar-refractivity contribution in [2.24, 2.45) is 0 Å². The first-order valence-corrected chi connectivity index (χ1v) is 7.26. The second-order valence-corrected chi connectivity index (χ2v) is 5.94. The Bertz CT molecular complexity index is 830. The van der Waals surface area contributed by atoms with Crippen LogP contribution in [0, 0.1) is 0 Å². The van der Waals surface area contributed by atoms with Gasteiger partial charge in [0.2, 0.25) is 0 Å². The second kappa shape index (κ2) is 4.38. The van der Waals surface area contributed by atoms with E-state index in [4.69, 9.17) is 0 Å². The highest BCUT2D eigenvalue weighted by Gasteiger charge is 2.22. The molecule has 0 aromatic heterocycles. The van der Waals surface area contributed by atoms with E-state index in [-0.39, 0.29) is 0 Å². The zero-order valence-corrected chi connectivity index (χ0v) is 11.4. The van der Waals surface area contributed by atoms with E-state index in [1.165, 1.54) is 15.4 Å². The molecule has 3 aromatic carbocycles. The average Bonchev–Trinajstić information content (AvgIpc) is 2.47. The zero-order chi connectivity index (χ0) is 13.7. The van der Waals surface area contributed by atoms with Crippen LogP contribution in [-0.2, 0) is 0 Å². The van der Waals surface area contributed by atoms with Crippen LogP contribution >= 0.6 is 11.8 Å². The molecule has 2 nitrogen and oxygen atoms in total. The van der Waals surface area contributed by atoms with Gasteiger partial charge in [0.25, 0.3) is 0 Å². The maximum absolute atomic E-state index is 9.54. The molecule has 1 heterocycles. The van der Waals surface area contributed by atoms with Crippen molar-refractivity contribution in [3.05, 3.63) is 54.6 Å². The molecule has 1 aliphatic rings. The molecule has 1 aliphatic heterocycles. The third kappa shape index (κ3) is 1.62. The standard InChI is InChI=1S/C16H11BO2S/c18-17(19)13-8-9-15-16-11(5-3-6-12(13)16)10-4-1-2-7-14(10)20-15/h1-9,18-19H. The molecule has 0 bridgehead atoms. The number of hydrogen-bond acceptors (Lipinski definition) is 3. The van der Waals surface area contributed by atoms with Crippen molar-refractivity contribution >= 4 is 35.1 Å². The highest BCUT2D eigenvalue weighted by atomic mass is 32.2. The largest absolute Gasteiger partial charge is 0.489 e. The molecule has 0 radical (unpaired) electrons. The molecular weight excluding hydrogens is 267 g/mol. The van der Waals surface area contributed by atoms with Gasteiger partial charge < -0.3 is 10.0 Å². The van der Waals surface area contributed by atoms with Crippen LogP contribution in [0.4, 0.5) is 0 Å². The Labute approximate surface area is 121 Å². The molecule has 2 N–H and O–H groups in total. The van der Waals surface area contributed by atoms with E-state index >= 15 is 0 Å². The first kappa shape index (κ1) is 12.0. The molecule has 4 heteroatoms. The molecule has 96 valence electrons. The van der Waals surface area contributed by atoms with Gasteiger partial charge in [-0.2, -0.15) is 0 Å². The number of fused-ring (bicyclic) bond motifs is 2. The predicted octanol–water partition coefficient (Wildman–Crippen LogP) is 2.65. The van der Waals surface area contributed by atoms with Crippen molar-refractivity contribution in [2.45, 2.75) is 9.79 Å². The van der Waals surface area contributed by atoms with Gasteiger partial charge in [0.1, 0.15) is 0 Å². The summed E-state index contributed by atoms with van der Waals surface area (Å²) in [7, 11) is -1.44. The lowest BCUT2D eigenvalue weighted by Crippen LogP contribution is -2.30. The summed E-state index contributed by atoms with van der Waals surface area (Å²) in [5.41, 5.74) is 2.93. The fourth-order valence-electron chi connectivity index (χ4n) is 2.83. The molecule has 3 aromatic rings. The summed E-state index contributed by atoms with van der Waals surface area (Å²) >= 11 is 1.73. The van der Waals surface area contributed by atoms with Crippen molar-refractivity contribution < 1.29 is 10.0 Å². The SMILES string of the molecule is OB(O)c1ccc2c3c(cccc13)-c1ccccc1S2. The van der Waals surface area contributed by atoms with Crippen molar-refractivity contribution in [1.82, 2.24) is 0 Å². The van der Waals surface area contributed by atoms with Crippen molar-refractivity contribution in [2.75, 3.05) is 0 Å². The second-order valence-electron chi connectivity index (χ2n) is 4.85. The van der Waals surface area contributed by atoms with Crippen LogP contribution in [0.1, 0.15) is 0 Å². The Morgan fingerprint density at radius 1 is 0.750 bits per heavy atom. The third-order valence-corrected chi connectivity index (χ3v) is 4.85. The van der Waals surface area contributed by atoms with Gasteiger partial charge in [-0.15, -0.1) is 0 Å². The van der Waals surface area contributed by atoms with E-state index in [0.29, 0.717) is 5.46 Å². The fourth-order valence-corrected chi connectivity index (χ4v) is 3.96. The summed E-state index contributed by atoms with van der Waals surface area (Å²) in [5, 5.41) is 21.1. The highest BCUT2D eigenvalue weighted by Crippen LogP contribution is 2.47. The number of benzene rings is 3. The van der Waals surface area contributed by atoms with Gasteiger partial charge in [-0.1, -0.05) is 54.2 Å². The molecule has 0 amide bonds. The van der Waals surface area contributed by atoms with Crippen LogP contribution in [0.3, 0.4) is 0 Å². The average molecular weight is 278 g/mol. The summed E-state index contributed by atoms with van der Waals surface area (Å²) in [5.74, 6) is 0. The summed E-state index contributed by atoms with van der Waals surface area (Å²) in [6.45, 7) is 0. The van der Waals surface area contributed by atoms with Crippen LogP contribution < -0.4 is 5.46 Å². The van der Waals surface area contributed by atoms with Crippen molar-refractivity contribution in [3.8, 4) is 11.1 Å². The van der Waals surface area contributed by atoms with E-state index < -0.39 is 7.12 Å². The van der Waals surface area contributed by atoms with Gasteiger partial charge in [0.05, 0.1) is 0 Å². The molecule has 0 aliphatic carbocycles. The normalized spacial score (nSPS) is 12.3. The molecule has 0 atom stereocenters. The Hall–Kier alpha value is -1.75. The Morgan fingerprint density at radius 3 is 2.40 bits per heavy atom. The molecule has 20 heavy (non-hydrogen) atoms. The Kier molecular flexibility index (Phi) is 2.64. The summed E-state index contributed by atoms with van der Waals surface area (Å²) < 4.78 is 0. The first-order chi connectivity index (χ1) is 9.75. The maximum atomic E-state index is 9.54. The van der Waals surface area contributed by atoms with Gasteiger partial charge in [-0.3, -0.25) is 0 Å². The van der Waals surface area contributed by atoms with Crippen LogP contribution in [0.5, 0.6) is 0 Å². The molecule has 0 unspecified atom stereocenters. The monoisotopic (exact) mass is 278 g/mol. The van der Waals surface area contributed by atoms with Gasteiger partial charge in [0, 0.05) is 15.2 Å². The zero-order valence-electron chi connectivity index (χ0n) is 10.6. The minimum absolute atomic E-state index is 0.561. The topological polar surface area (TPSA) is 40.5 Å². The van der Waals surface area contributed by atoms with Gasteiger partial charge >= 0.3 is 7.12 Å². The minimum atomic E-state index is -1.44. The van der Waals surface area contributed by atoms with E-state index in [9.17, 15) is 10.0 Å². The lowest BCUT2D eigenvalue weighted by molar-refractivity contribution is 0.426. The summed E-state index contributed by atoms with van der Waals surface area (Å²) in [4.78, 5) is 2.41. The van der Waals surface area contributed by atoms with E-state index in [0.717, 1.165) is 16.3 Å². The molecule has 4 rings (SSSR count). The predicted molar refractivity (Wildman–Crippen MR) is 83.3 cm³/mol. The Morgan fingerprint density at radius 2 is 1.55 bits per heavy atom. The van der Waals surface area contributed by atoms with Crippen LogP contribution in [0.25, 0.3) is 21.9 Å². The number of hydrogen-bond donors (Lipinski definition) is 2. The molecule has 0 spiro atoms. The lowest BCUT2D eigenvalue weighted by Gasteiger charge is -2.21. The van der Waals surface area contributed by atoms with Crippen LogP contribution in [0.2, 0.25) is 0 Å². The van der Waals surface area contributed by atoms with Crippen LogP contribution in [-0.4, -0.2) is 17.2 Å². The lowest BCUT2D eigenvalue weighted by atomic mass is 9.76. The smallest absolute Gasteiger partial charge is 0.423 e. The summed E-state index contributed by atoms with van der Waals surface area (Å²) in [6.07, 6.45) is 0. The number of rotatable bonds is 1. The quantitative estimate of drug-likeness (QED) is 0.526. The first-order valence-electron chi connectivity index (χ1n) is 6.45. The highest BCUT2D eigenvalue weighted by molar-refractivity contribution is 7.99. The molecule has 0 fully saturated rings. The van der Waals surface area contributed by atoms with Crippen molar-refractivity contribution in [1.29, 1.82) is 0 Å². The summed E-state index contributed by atoms with van der Waals surface area (Å²) in [6, 6.07) is 18.1. The van der Waals surface area contributed by atoms with E-state index in [2.05, 4.69) is 18.2 Å². The van der Waals surface area contributed by atoms with Gasteiger partial charge in [-0.05, 0) is 34.1 Å².